The highest BCUT2D eigenvalue weighted by Crippen LogP contribution is 2.33. The van der Waals surface area contributed by atoms with Crippen LogP contribution >= 0.6 is 0 Å². The Morgan fingerprint density at radius 2 is 0.595 bits per heavy atom. The van der Waals surface area contributed by atoms with Crippen LogP contribution in [0.4, 0.5) is 0 Å². The topological polar surface area (TPSA) is 114 Å². The summed E-state index contributed by atoms with van der Waals surface area (Å²) in [6.07, 6.45) is 11.8. The van der Waals surface area contributed by atoms with E-state index in [1.54, 1.807) is 0 Å². The molecule has 2 aliphatic carbocycles. The number of aliphatic hydroxyl groups excluding tert-OH is 2. The second kappa shape index (κ2) is 46.8. The van der Waals surface area contributed by atoms with Crippen LogP contribution in [-0.4, -0.2) is 123 Å². The highest BCUT2D eigenvalue weighted by Gasteiger charge is 2.43. The van der Waals surface area contributed by atoms with Gasteiger partial charge in [-0.3, -0.25) is 0 Å². The molecule has 0 radical (unpaired) electrons. The monoisotopic (exact) mass is 1310 g/mol. The number of fused-ring (bicyclic) bond motifs is 3. The van der Waals surface area contributed by atoms with Crippen molar-refractivity contribution < 1.29 is 45.0 Å². The smallest absolute Gasteiger partial charge is 0.324 e. The molecule has 0 spiro atoms. The summed E-state index contributed by atoms with van der Waals surface area (Å²) in [6.45, 7) is 31.8. The van der Waals surface area contributed by atoms with Crippen molar-refractivity contribution in [2.24, 2.45) is 0 Å². The van der Waals surface area contributed by atoms with Gasteiger partial charge in [-0.05, 0) is 236 Å². The zero-order valence-electron chi connectivity index (χ0n) is 47.9. The number of aliphatic hydroxyl groups is 2. The standard InChI is InChI=1S/C30H52O4Si4.C25H48O6Si3.12CH4/c1-31-37(9,33-35(3,4)5)21-19-25-11-13-27-16-18-30-24-26(12-14-28(30)15-17-29(27)23-25)20-22-38(10,32-2)34-36(6,7)8;1-32(2,19-6-15-28-17-13-26)30-34(5,31-33(3,4)20-7-16-29-18-14-27)21-12-23-8-9-24-10-11-25(24)22-23;;;;;;;;;;;;/h11-14,23-24H,15-22H2,1-10H3;8-9,22,26-27H,6-7,10-21H2,1-5H3;12*1H4. The molecule has 0 heterocycles. The molecule has 0 saturated heterocycles. The minimum Gasteiger partial charge on any atom is -0.436 e. The molecule has 2 atom stereocenters. The Balaban J connectivity index is -0.000000168. The molecule has 84 heavy (non-hydrogen) atoms. The molecule has 2 aliphatic rings. The summed E-state index contributed by atoms with van der Waals surface area (Å²) in [5, 5.41) is 17.8. The fraction of sp³-hybridized carbons (Fsp3) is 0.731. The Kier molecular flexibility index (Phi) is 56.7. The van der Waals surface area contributed by atoms with Crippen molar-refractivity contribution in [2.75, 3.05) is 53.9 Å². The third-order valence-corrected chi connectivity index (χ3v) is 38.5. The van der Waals surface area contributed by atoms with Gasteiger partial charge >= 0.3 is 25.7 Å². The first-order valence-electron chi connectivity index (χ1n) is 27.3. The first-order chi connectivity index (χ1) is 33.7. The maximum atomic E-state index is 8.91. The summed E-state index contributed by atoms with van der Waals surface area (Å²) >= 11 is 0. The van der Waals surface area contributed by atoms with E-state index < -0.39 is 59.0 Å². The van der Waals surface area contributed by atoms with Gasteiger partial charge in [0.2, 0.25) is 0 Å². The van der Waals surface area contributed by atoms with E-state index in [-0.39, 0.29) is 102 Å². The quantitative estimate of drug-likeness (QED) is 0.0477. The van der Waals surface area contributed by atoms with Gasteiger partial charge in [-0.1, -0.05) is 144 Å². The van der Waals surface area contributed by atoms with Crippen LogP contribution in [0.1, 0.15) is 152 Å². The first-order valence-corrected chi connectivity index (χ1v) is 47.9. The zero-order valence-corrected chi connectivity index (χ0v) is 54.9. The SMILES string of the molecule is C.C.C.C.C.C.C.C.C.C.C.C.CO[Si](C)(CCc1ccc2c(c1)CCc1ccc(CC[Si](C)(OC)O[Si](C)(C)C)cc1CC2)O[Si](C)(C)C.C[Si](C)(CCCOCCO)O[Si](C)(CCc1ccc2c(c1)CC2)O[Si](C)(C)CCCOCCO. The molecule has 504 valence electrons. The molecule has 2 unspecified atom stereocenters. The summed E-state index contributed by atoms with van der Waals surface area (Å²) in [5.41, 5.74) is 13.3. The molecule has 3 aromatic rings. The Bertz CT molecular complexity index is 1990. The van der Waals surface area contributed by atoms with E-state index in [0.29, 0.717) is 26.4 Å². The number of ether oxygens (including phenoxy) is 2. The molecule has 2 N–H and O–H groups in total. The minimum atomic E-state index is -2.40. The van der Waals surface area contributed by atoms with Crippen LogP contribution in [0.25, 0.3) is 0 Å². The fourth-order valence-corrected chi connectivity index (χ4v) is 38.3. The average molecular weight is 1310 g/mol. The highest BCUT2D eigenvalue weighted by molar-refractivity contribution is 6.88. The van der Waals surface area contributed by atoms with Crippen LogP contribution < -0.4 is 0 Å². The van der Waals surface area contributed by atoms with Crippen molar-refractivity contribution in [3.8, 4) is 0 Å². The van der Waals surface area contributed by atoms with Crippen molar-refractivity contribution in [3.63, 3.8) is 0 Å². The number of aryl methyl sites for hydroxylation is 9. The summed E-state index contributed by atoms with van der Waals surface area (Å²) in [7, 11) is -10.1. The first kappa shape index (κ1) is 102. The van der Waals surface area contributed by atoms with Crippen LogP contribution in [0.15, 0.2) is 54.6 Å². The third-order valence-electron chi connectivity index (χ3n) is 13.9. The predicted molar refractivity (Wildman–Crippen MR) is 397 cm³/mol. The van der Waals surface area contributed by atoms with Crippen molar-refractivity contribution in [1.29, 1.82) is 0 Å². The van der Waals surface area contributed by atoms with Gasteiger partial charge in [0.1, 0.15) is 0 Å². The Morgan fingerprint density at radius 3 is 0.845 bits per heavy atom. The molecule has 0 bridgehead atoms. The lowest BCUT2D eigenvalue weighted by molar-refractivity contribution is 0.0922. The molecule has 0 amide bonds. The molecule has 0 fully saturated rings. The van der Waals surface area contributed by atoms with Gasteiger partial charge in [0, 0.05) is 27.4 Å². The fourth-order valence-electron chi connectivity index (χ4n) is 10.3. The van der Waals surface area contributed by atoms with Gasteiger partial charge in [-0.15, -0.1) is 0 Å². The van der Waals surface area contributed by atoms with E-state index >= 15 is 0 Å². The third kappa shape index (κ3) is 37.7. The van der Waals surface area contributed by atoms with Crippen molar-refractivity contribution in [3.05, 3.63) is 105 Å². The number of rotatable bonds is 31. The van der Waals surface area contributed by atoms with E-state index in [9.17, 15) is 0 Å². The Morgan fingerprint density at radius 1 is 0.333 bits per heavy atom. The van der Waals surface area contributed by atoms with E-state index in [0.717, 1.165) is 88.0 Å². The lowest BCUT2D eigenvalue weighted by Crippen LogP contribution is -2.54. The normalized spacial score (nSPS) is 13.7. The van der Waals surface area contributed by atoms with E-state index in [1.807, 2.05) is 14.2 Å². The van der Waals surface area contributed by atoms with Crippen molar-refractivity contribution >= 4 is 59.0 Å². The van der Waals surface area contributed by atoms with Crippen LogP contribution in [0.2, 0.25) is 115 Å². The van der Waals surface area contributed by atoms with Gasteiger partial charge in [-0.25, -0.2) is 0 Å². The van der Waals surface area contributed by atoms with E-state index in [1.165, 1.54) is 62.9 Å². The second-order valence-corrected chi connectivity index (χ2v) is 53.0. The van der Waals surface area contributed by atoms with Crippen LogP contribution in [0.5, 0.6) is 0 Å². The lowest BCUT2D eigenvalue weighted by Gasteiger charge is -2.41. The average Bonchev–Trinajstić information content (AvgIpc) is 3.27. The minimum absolute atomic E-state index is 0. The molecular weight excluding hydrogens is 1160 g/mol. The number of hydrogen-bond acceptors (Lipinski definition) is 10. The number of benzene rings is 3. The van der Waals surface area contributed by atoms with Gasteiger partial charge in [-0.2, -0.15) is 0 Å². The zero-order chi connectivity index (χ0) is 53.3. The lowest BCUT2D eigenvalue weighted by atomic mass is 9.87. The van der Waals surface area contributed by atoms with Gasteiger partial charge in [0.25, 0.3) is 0 Å². The van der Waals surface area contributed by atoms with Crippen LogP contribution in [0, 0.1) is 0 Å². The van der Waals surface area contributed by atoms with Crippen molar-refractivity contribution in [2.45, 2.75) is 275 Å². The summed E-state index contributed by atoms with van der Waals surface area (Å²) in [6, 6.07) is 26.4. The second-order valence-electron chi connectivity index (χ2n) is 24.2. The maximum Gasteiger partial charge on any atom is 0.324 e. The molecule has 3 aromatic carbocycles. The van der Waals surface area contributed by atoms with Gasteiger partial charge in [0.15, 0.2) is 33.3 Å². The van der Waals surface area contributed by atoms with E-state index in [2.05, 4.69) is 140 Å². The Labute approximate surface area is 534 Å². The van der Waals surface area contributed by atoms with Gasteiger partial charge < -0.3 is 45.0 Å². The largest absolute Gasteiger partial charge is 0.436 e. The maximum absolute atomic E-state index is 8.91. The molecule has 0 aliphatic heterocycles. The summed E-state index contributed by atoms with van der Waals surface area (Å²) in [5.74, 6) is 0. The molecular formula is C67H148O10Si7. The Hall–Kier alpha value is -1.22. The van der Waals surface area contributed by atoms with Crippen molar-refractivity contribution in [1.82, 2.24) is 0 Å². The molecule has 5 rings (SSSR count). The van der Waals surface area contributed by atoms with Crippen LogP contribution in [0.3, 0.4) is 0 Å². The number of hydrogen-bond donors (Lipinski definition) is 2. The highest BCUT2D eigenvalue weighted by atomic mass is 28.5. The predicted octanol–water partition coefficient (Wildman–Crippen LogP) is 20.1. The summed E-state index contributed by atoms with van der Waals surface area (Å²) < 4.78 is 49.9. The molecule has 0 aromatic heterocycles. The molecule has 0 saturated carbocycles. The summed E-state index contributed by atoms with van der Waals surface area (Å²) in [4.78, 5) is 0. The van der Waals surface area contributed by atoms with Crippen LogP contribution in [-0.2, 0) is 92.6 Å². The van der Waals surface area contributed by atoms with Gasteiger partial charge in [0.05, 0.1) is 26.4 Å². The molecule has 10 nitrogen and oxygen atoms in total. The van der Waals surface area contributed by atoms with E-state index in [4.69, 9.17) is 45.0 Å². The molecule has 17 heteroatoms.